The van der Waals surface area contributed by atoms with Crippen LogP contribution in [-0.4, -0.2) is 11.1 Å². The van der Waals surface area contributed by atoms with Crippen molar-refractivity contribution in [2.24, 2.45) is 0 Å². The Bertz CT molecular complexity index is 565. The zero-order valence-corrected chi connectivity index (χ0v) is 11.8. The van der Waals surface area contributed by atoms with E-state index in [1.807, 2.05) is 31.2 Å². The molecule has 5 heteroatoms. The lowest BCUT2D eigenvalue weighted by Gasteiger charge is -2.14. The molecule has 0 radical (unpaired) electrons. The second kappa shape index (κ2) is 5.43. The van der Waals surface area contributed by atoms with Crippen LogP contribution in [-0.2, 0) is 0 Å². The van der Waals surface area contributed by atoms with Crippen LogP contribution < -0.4 is 5.32 Å². The number of nitrogens with one attached hydrogen (secondary N) is 1. The van der Waals surface area contributed by atoms with Crippen molar-refractivity contribution in [3.8, 4) is 0 Å². The number of aromatic carboxylic acids is 1. The van der Waals surface area contributed by atoms with Crippen molar-refractivity contribution in [1.82, 2.24) is 0 Å². The third-order valence-corrected chi connectivity index (χ3v) is 3.45. The van der Waals surface area contributed by atoms with E-state index in [1.54, 1.807) is 6.07 Å². The fourth-order valence-electron chi connectivity index (χ4n) is 1.58. The smallest absolute Gasteiger partial charge is 0.371 e. The molecule has 4 nitrogen and oxygen atoms in total. The normalized spacial score (nSPS) is 12.1. The Morgan fingerprint density at radius 1 is 1.33 bits per heavy atom. The third-order valence-electron chi connectivity index (χ3n) is 2.51. The summed E-state index contributed by atoms with van der Waals surface area (Å²) < 4.78 is 6.36. The van der Waals surface area contributed by atoms with Gasteiger partial charge >= 0.3 is 5.97 Å². The van der Waals surface area contributed by atoms with E-state index in [0.29, 0.717) is 5.76 Å². The highest BCUT2D eigenvalue weighted by Crippen LogP contribution is 2.24. The lowest BCUT2D eigenvalue weighted by atomic mass is 10.2. The molecule has 0 bridgehead atoms. The summed E-state index contributed by atoms with van der Waals surface area (Å²) >= 11 is 2.24. The Hall–Kier alpha value is -1.50. The molecular formula is C13H12INO3. The molecule has 94 valence electrons. The van der Waals surface area contributed by atoms with Crippen molar-refractivity contribution in [2.75, 3.05) is 5.32 Å². The number of para-hydroxylation sites is 1. The molecular weight excluding hydrogens is 345 g/mol. The Balaban J connectivity index is 2.14. The highest BCUT2D eigenvalue weighted by molar-refractivity contribution is 14.1. The van der Waals surface area contributed by atoms with Gasteiger partial charge in [-0.15, -0.1) is 0 Å². The first-order valence-corrected chi connectivity index (χ1v) is 6.50. The fourth-order valence-corrected chi connectivity index (χ4v) is 2.13. The first kappa shape index (κ1) is 12.9. The molecule has 0 amide bonds. The van der Waals surface area contributed by atoms with E-state index in [1.165, 1.54) is 6.07 Å². The topological polar surface area (TPSA) is 62.5 Å². The van der Waals surface area contributed by atoms with Crippen LogP contribution in [0.25, 0.3) is 0 Å². The Morgan fingerprint density at radius 2 is 2.06 bits per heavy atom. The number of furan rings is 1. The number of hydrogen-bond acceptors (Lipinski definition) is 3. The van der Waals surface area contributed by atoms with Crippen molar-refractivity contribution in [3.05, 3.63) is 51.5 Å². The van der Waals surface area contributed by atoms with Crippen LogP contribution in [0.1, 0.15) is 29.3 Å². The molecule has 1 unspecified atom stereocenters. The summed E-state index contributed by atoms with van der Waals surface area (Å²) in [5.74, 6) is -0.490. The molecule has 18 heavy (non-hydrogen) atoms. The molecule has 2 N–H and O–H groups in total. The van der Waals surface area contributed by atoms with Crippen LogP contribution in [0.15, 0.2) is 40.8 Å². The van der Waals surface area contributed by atoms with E-state index in [-0.39, 0.29) is 11.8 Å². The number of anilines is 1. The predicted molar refractivity (Wildman–Crippen MR) is 76.9 cm³/mol. The quantitative estimate of drug-likeness (QED) is 0.818. The summed E-state index contributed by atoms with van der Waals surface area (Å²) in [7, 11) is 0. The number of halogens is 1. The average molecular weight is 357 g/mol. The molecule has 1 aromatic heterocycles. The summed E-state index contributed by atoms with van der Waals surface area (Å²) in [4.78, 5) is 10.7. The van der Waals surface area contributed by atoms with Gasteiger partial charge in [0.15, 0.2) is 0 Å². The molecule has 0 saturated carbocycles. The zero-order valence-electron chi connectivity index (χ0n) is 9.68. The van der Waals surface area contributed by atoms with E-state index >= 15 is 0 Å². The number of rotatable bonds is 4. The van der Waals surface area contributed by atoms with Gasteiger partial charge in [-0.3, -0.25) is 0 Å². The van der Waals surface area contributed by atoms with Crippen molar-refractivity contribution >= 4 is 34.2 Å². The summed E-state index contributed by atoms with van der Waals surface area (Å²) in [6.07, 6.45) is 0. The van der Waals surface area contributed by atoms with Crippen LogP contribution in [0.2, 0.25) is 0 Å². The van der Waals surface area contributed by atoms with E-state index < -0.39 is 5.97 Å². The van der Waals surface area contributed by atoms with Crippen molar-refractivity contribution in [2.45, 2.75) is 13.0 Å². The molecule has 0 saturated heterocycles. The molecule has 0 spiro atoms. The SMILES string of the molecule is CC(Nc1ccccc1I)c1ccc(C(=O)O)o1. The third kappa shape index (κ3) is 2.84. The Labute approximate surface area is 118 Å². The molecule has 0 aliphatic carbocycles. The van der Waals surface area contributed by atoms with Crippen LogP contribution in [0.5, 0.6) is 0 Å². The average Bonchev–Trinajstić information content (AvgIpc) is 2.81. The van der Waals surface area contributed by atoms with Gasteiger partial charge in [-0.05, 0) is 53.8 Å². The minimum absolute atomic E-state index is 0.0404. The van der Waals surface area contributed by atoms with Crippen molar-refractivity contribution in [3.63, 3.8) is 0 Å². The minimum atomic E-state index is -1.05. The number of carbonyl (C=O) groups is 1. The molecule has 1 aromatic carbocycles. The van der Waals surface area contributed by atoms with Gasteiger partial charge in [-0.2, -0.15) is 0 Å². The Morgan fingerprint density at radius 3 is 2.67 bits per heavy atom. The first-order chi connectivity index (χ1) is 8.58. The predicted octanol–water partition coefficient (Wildman–Crippen LogP) is 3.76. The van der Waals surface area contributed by atoms with Gasteiger partial charge in [0.2, 0.25) is 5.76 Å². The second-order valence-corrected chi connectivity index (χ2v) is 5.02. The second-order valence-electron chi connectivity index (χ2n) is 3.85. The van der Waals surface area contributed by atoms with Gasteiger partial charge in [-0.1, -0.05) is 12.1 Å². The molecule has 1 atom stereocenters. The van der Waals surface area contributed by atoms with E-state index in [4.69, 9.17) is 9.52 Å². The maximum absolute atomic E-state index is 10.7. The Kier molecular flexibility index (Phi) is 3.90. The van der Waals surface area contributed by atoms with E-state index in [2.05, 4.69) is 27.9 Å². The van der Waals surface area contributed by atoms with E-state index in [9.17, 15) is 4.79 Å². The number of hydrogen-bond donors (Lipinski definition) is 2. The van der Waals surface area contributed by atoms with Gasteiger partial charge in [0.05, 0.1) is 6.04 Å². The minimum Gasteiger partial charge on any atom is -0.475 e. The van der Waals surface area contributed by atoms with Crippen molar-refractivity contribution in [1.29, 1.82) is 0 Å². The maximum atomic E-state index is 10.7. The molecule has 2 rings (SSSR count). The van der Waals surface area contributed by atoms with Crippen LogP contribution in [0.4, 0.5) is 5.69 Å². The largest absolute Gasteiger partial charge is 0.475 e. The van der Waals surface area contributed by atoms with E-state index in [0.717, 1.165) is 9.26 Å². The highest BCUT2D eigenvalue weighted by atomic mass is 127. The monoisotopic (exact) mass is 357 g/mol. The molecule has 0 fully saturated rings. The maximum Gasteiger partial charge on any atom is 0.371 e. The summed E-state index contributed by atoms with van der Waals surface area (Å²) in [6, 6.07) is 10.9. The van der Waals surface area contributed by atoms with Gasteiger partial charge in [-0.25, -0.2) is 4.79 Å². The fraction of sp³-hybridized carbons (Fsp3) is 0.154. The summed E-state index contributed by atoms with van der Waals surface area (Å²) in [5, 5.41) is 12.1. The summed E-state index contributed by atoms with van der Waals surface area (Å²) in [5.41, 5.74) is 0.999. The van der Waals surface area contributed by atoms with Crippen molar-refractivity contribution < 1.29 is 14.3 Å². The molecule has 1 heterocycles. The lowest BCUT2D eigenvalue weighted by molar-refractivity contribution is 0.0660. The molecule has 2 aromatic rings. The highest BCUT2D eigenvalue weighted by Gasteiger charge is 2.14. The number of benzene rings is 1. The molecule has 0 aliphatic heterocycles. The van der Waals surface area contributed by atoms with Gasteiger partial charge in [0, 0.05) is 9.26 Å². The number of carboxylic acid groups (broad SMARTS) is 1. The molecule has 0 aliphatic rings. The first-order valence-electron chi connectivity index (χ1n) is 5.42. The van der Waals surface area contributed by atoms with Gasteiger partial charge in [0.1, 0.15) is 5.76 Å². The van der Waals surface area contributed by atoms with Crippen LogP contribution in [0.3, 0.4) is 0 Å². The van der Waals surface area contributed by atoms with Crippen LogP contribution in [0, 0.1) is 3.57 Å². The zero-order chi connectivity index (χ0) is 13.1. The van der Waals surface area contributed by atoms with Gasteiger partial charge in [0.25, 0.3) is 0 Å². The number of carboxylic acids is 1. The lowest BCUT2D eigenvalue weighted by Crippen LogP contribution is -2.06. The summed E-state index contributed by atoms with van der Waals surface area (Å²) in [6.45, 7) is 1.92. The standard InChI is InChI=1S/C13H12INO3/c1-8(11-6-7-12(18-11)13(16)17)15-10-5-3-2-4-9(10)14/h2-8,15H,1H3,(H,16,17). The van der Waals surface area contributed by atoms with Gasteiger partial charge < -0.3 is 14.8 Å². The van der Waals surface area contributed by atoms with Crippen LogP contribution >= 0.6 is 22.6 Å².